The monoisotopic (exact) mass is 248 g/mol. The van der Waals surface area contributed by atoms with Crippen molar-refractivity contribution in [2.24, 2.45) is 5.92 Å². The number of hydrogen-bond acceptors (Lipinski definition) is 3. The summed E-state index contributed by atoms with van der Waals surface area (Å²) in [6.45, 7) is 8.07. The predicted octanol–water partition coefficient (Wildman–Crippen LogP) is 1.48. The summed E-state index contributed by atoms with van der Waals surface area (Å²) in [5.41, 5.74) is 1.33. The van der Waals surface area contributed by atoms with Gasteiger partial charge >= 0.3 is 0 Å². The van der Waals surface area contributed by atoms with Crippen LogP contribution in [0.25, 0.3) is 0 Å². The molecule has 0 radical (unpaired) electrons. The zero-order valence-electron chi connectivity index (χ0n) is 11.3. The first kappa shape index (κ1) is 12.2. The third kappa shape index (κ3) is 2.45. The van der Waals surface area contributed by atoms with Gasteiger partial charge in [0.05, 0.1) is 5.69 Å². The molecule has 4 heterocycles. The van der Waals surface area contributed by atoms with E-state index < -0.39 is 0 Å². The van der Waals surface area contributed by atoms with Crippen molar-refractivity contribution in [1.29, 1.82) is 0 Å². The standard InChI is InChI=1S/C14H24N4/c1-2-7-18-13(3-6-16-18)10-15-14-11-17-8-4-12(14)5-9-17/h3,6,12,14-15H,2,4-5,7-11H2,1H3. The van der Waals surface area contributed by atoms with E-state index in [1.54, 1.807) is 0 Å². The fourth-order valence-corrected chi connectivity index (χ4v) is 3.36. The minimum Gasteiger partial charge on any atom is -0.307 e. The Hall–Kier alpha value is -0.870. The Morgan fingerprint density at radius 3 is 2.89 bits per heavy atom. The largest absolute Gasteiger partial charge is 0.307 e. The Bertz CT molecular complexity index is 379. The highest BCUT2D eigenvalue weighted by Crippen LogP contribution is 2.27. The minimum atomic E-state index is 0.692. The lowest BCUT2D eigenvalue weighted by atomic mass is 9.84. The zero-order chi connectivity index (χ0) is 12.4. The Balaban J connectivity index is 1.56. The molecule has 1 atom stereocenters. The molecule has 1 aromatic heterocycles. The Morgan fingerprint density at radius 1 is 1.39 bits per heavy atom. The molecule has 3 aliphatic heterocycles. The van der Waals surface area contributed by atoms with Gasteiger partial charge in [-0.05, 0) is 44.3 Å². The first-order chi connectivity index (χ1) is 8.86. The van der Waals surface area contributed by atoms with Crippen LogP contribution in [-0.4, -0.2) is 40.4 Å². The number of aryl methyl sites for hydroxylation is 1. The van der Waals surface area contributed by atoms with E-state index in [1.807, 2.05) is 6.20 Å². The van der Waals surface area contributed by atoms with E-state index in [-0.39, 0.29) is 0 Å². The van der Waals surface area contributed by atoms with E-state index in [1.165, 1.54) is 38.2 Å². The molecule has 18 heavy (non-hydrogen) atoms. The lowest BCUT2D eigenvalue weighted by Gasteiger charge is -2.45. The van der Waals surface area contributed by atoms with E-state index in [2.05, 4.69) is 33.0 Å². The summed E-state index contributed by atoms with van der Waals surface area (Å²) < 4.78 is 2.13. The van der Waals surface area contributed by atoms with E-state index >= 15 is 0 Å². The van der Waals surface area contributed by atoms with Crippen LogP contribution in [0, 0.1) is 5.92 Å². The molecule has 0 saturated carbocycles. The highest BCUT2D eigenvalue weighted by atomic mass is 15.3. The van der Waals surface area contributed by atoms with E-state index in [0.717, 1.165) is 25.4 Å². The number of hydrogen-bond donors (Lipinski definition) is 1. The molecule has 3 fully saturated rings. The van der Waals surface area contributed by atoms with Crippen LogP contribution in [0.2, 0.25) is 0 Å². The average molecular weight is 248 g/mol. The smallest absolute Gasteiger partial charge is 0.0522 e. The summed E-state index contributed by atoms with van der Waals surface area (Å²) in [7, 11) is 0. The molecule has 100 valence electrons. The first-order valence-electron chi connectivity index (χ1n) is 7.33. The van der Waals surface area contributed by atoms with E-state index in [4.69, 9.17) is 0 Å². The van der Waals surface area contributed by atoms with Crippen molar-refractivity contribution in [3.05, 3.63) is 18.0 Å². The van der Waals surface area contributed by atoms with Crippen molar-refractivity contribution >= 4 is 0 Å². The number of fused-ring (bicyclic) bond motifs is 3. The fourth-order valence-electron chi connectivity index (χ4n) is 3.36. The molecule has 3 saturated heterocycles. The van der Waals surface area contributed by atoms with Crippen LogP contribution in [0.5, 0.6) is 0 Å². The van der Waals surface area contributed by atoms with E-state index in [9.17, 15) is 0 Å². The second kappa shape index (κ2) is 5.41. The summed E-state index contributed by atoms with van der Waals surface area (Å²) in [5, 5.41) is 8.14. The first-order valence-corrected chi connectivity index (χ1v) is 7.33. The van der Waals surface area contributed by atoms with Gasteiger partial charge in [0.15, 0.2) is 0 Å². The molecule has 3 aliphatic rings. The Kier molecular flexibility index (Phi) is 3.66. The number of piperidine rings is 3. The van der Waals surface area contributed by atoms with Gasteiger partial charge in [0.25, 0.3) is 0 Å². The SMILES string of the molecule is CCCn1nccc1CNC1CN2CCC1CC2. The van der Waals surface area contributed by atoms with Gasteiger partial charge in [-0.25, -0.2) is 0 Å². The third-order valence-electron chi connectivity index (χ3n) is 4.44. The van der Waals surface area contributed by atoms with Crippen molar-refractivity contribution in [3.8, 4) is 0 Å². The number of rotatable bonds is 5. The summed E-state index contributed by atoms with van der Waals surface area (Å²) in [4.78, 5) is 2.60. The van der Waals surface area contributed by atoms with Gasteiger partial charge < -0.3 is 10.2 Å². The summed E-state index contributed by atoms with van der Waals surface area (Å²) >= 11 is 0. The summed E-state index contributed by atoms with van der Waals surface area (Å²) in [6, 6.07) is 2.83. The number of nitrogens with zero attached hydrogens (tertiary/aromatic N) is 3. The third-order valence-corrected chi connectivity index (χ3v) is 4.44. The number of aromatic nitrogens is 2. The van der Waals surface area contributed by atoms with Gasteiger partial charge in [-0.15, -0.1) is 0 Å². The van der Waals surface area contributed by atoms with Gasteiger partial charge in [-0.3, -0.25) is 4.68 Å². The predicted molar refractivity (Wildman–Crippen MR) is 72.3 cm³/mol. The quantitative estimate of drug-likeness (QED) is 0.857. The number of nitrogens with one attached hydrogen (secondary N) is 1. The second-order valence-electron chi connectivity index (χ2n) is 5.67. The molecule has 0 aromatic carbocycles. The van der Waals surface area contributed by atoms with Crippen LogP contribution in [0.4, 0.5) is 0 Å². The molecule has 0 aliphatic carbocycles. The lowest BCUT2D eigenvalue weighted by molar-refractivity contribution is 0.0716. The van der Waals surface area contributed by atoms with Gasteiger partial charge in [-0.1, -0.05) is 6.92 Å². The molecule has 0 spiro atoms. The minimum absolute atomic E-state index is 0.692. The molecule has 1 N–H and O–H groups in total. The van der Waals surface area contributed by atoms with E-state index in [0.29, 0.717) is 6.04 Å². The Morgan fingerprint density at radius 2 is 2.22 bits per heavy atom. The van der Waals surface area contributed by atoms with Crippen LogP contribution in [-0.2, 0) is 13.1 Å². The van der Waals surface area contributed by atoms with Crippen molar-refractivity contribution in [3.63, 3.8) is 0 Å². The van der Waals surface area contributed by atoms with Gasteiger partial charge in [-0.2, -0.15) is 5.10 Å². The molecular formula is C14H24N4. The van der Waals surface area contributed by atoms with Gasteiger partial charge in [0.1, 0.15) is 0 Å². The second-order valence-corrected chi connectivity index (χ2v) is 5.67. The highest BCUT2D eigenvalue weighted by Gasteiger charge is 2.33. The zero-order valence-corrected chi connectivity index (χ0v) is 11.3. The van der Waals surface area contributed by atoms with Crippen molar-refractivity contribution < 1.29 is 0 Å². The maximum absolute atomic E-state index is 4.38. The van der Waals surface area contributed by atoms with Crippen LogP contribution in [0.3, 0.4) is 0 Å². The van der Waals surface area contributed by atoms with Crippen LogP contribution < -0.4 is 5.32 Å². The normalized spacial score (nSPS) is 30.8. The van der Waals surface area contributed by atoms with Crippen molar-refractivity contribution in [2.45, 2.75) is 45.3 Å². The molecule has 4 nitrogen and oxygen atoms in total. The van der Waals surface area contributed by atoms with Crippen LogP contribution in [0.15, 0.2) is 12.3 Å². The topological polar surface area (TPSA) is 33.1 Å². The van der Waals surface area contributed by atoms with Gasteiger partial charge in [0, 0.05) is 31.9 Å². The molecular weight excluding hydrogens is 224 g/mol. The molecule has 0 amide bonds. The maximum Gasteiger partial charge on any atom is 0.0522 e. The maximum atomic E-state index is 4.38. The summed E-state index contributed by atoms with van der Waals surface area (Å²) in [5.74, 6) is 0.901. The Labute approximate surface area is 109 Å². The van der Waals surface area contributed by atoms with Crippen LogP contribution in [0.1, 0.15) is 31.9 Å². The molecule has 1 aromatic rings. The highest BCUT2D eigenvalue weighted by molar-refractivity contribution is 5.01. The lowest BCUT2D eigenvalue weighted by Crippen LogP contribution is -2.55. The van der Waals surface area contributed by atoms with Crippen molar-refractivity contribution in [1.82, 2.24) is 20.0 Å². The van der Waals surface area contributed by atoms with Gasteiger partial charge in [0.2, 0.25) is 0 Å². The van der Waals surface area contributed by atoms with Crippen LogP contribution >= 0.6 is 0 Å². The molecule has 1 unspecified atom stereocenters. The summed E-state index contributed by atoms with van der Waals surface area (Å²) in [6.07, 6.45) is 5.83. The molecule has 2 bridgehead atoms. The molecule has 4 rings (SSSR count). The average Bonchev–Trinajstić information content (AvgIpc) is 2.86. The molecule has 4 heteroatoms. The fraction of sp³-hybridized carbons (Fsp3) is 0.786. The van der Waals surface area contributed by atoms with Crippen molar-refractivity contribution in [2.75, 3.05) is 19.6 Å².